The highest BCUT2D eigenvalue weighted by Gasteiger charge is 2.06. The largest absolute Gasteiger partial charge is 0.298 e. The SMILES string of the molecule is O=Cc1cc(-c2ccc(Cl)c(Cl)c2)cnc1Cl. The molecule has 17 heavy (non-hydrogen) atoms. The third-order valence-corrected chi connectivity index (χ3v) is 3.30. The molecule has 1 aromatic heterocycles. The molecule has 0 saturated carbocycles. The Morgan fingerprint density at radius 1 is 1.00 bits per heavy atom. The summed E-state index contributed by atoms with van der Waals surface area (Å²) in [6, 6.07) is 6.85. The first kappa shape index (κ1) is 12.4. The molecule has 0 fully saturated rings. The molecule has 0 spiro atoms. The van der Waals surface area contributed by atoms with Crippen molar-refractivity contribution in [1.82, 2.24) is 4.98 Å². The number of aromatic nitrogens is 1. The quantitative estimate of drug-likeness (QED) is 0.600. The Morgan fingerprint density at radius 2 is 1.76 bits per heavy atom. The van der Waals surface area contributed by atoms with Gasteiger partial charge in [-0.05, 0) is 23.8 Å². The third-order valence-electron chi connectivity index (χ3n) is 2.25. The van der Waals surface area contributed by atoms with Gasteiger partial charge in [-0.15, -0.1) is 0 Å². The lowest BCUT2D eigenvalue weighted by Crippen LogP contribution is -1.88. The normalized spacial score (nSPS) is 10.3. The average molecular weight is 287 g/mol. The summed E-state index contributed by atoms with van der Waals surface area (Å²) in [5, 5.41) is 1.11. The number of halogens is 3. The number of benzene rings is 1. The maximum Gasteiger partial charge on any atom is 0.153 e. The number of aldehydes is 1. The van der Waals surface area contributed by atoms with Crippen molar-refractivity contribution in [2.24, 2.45) is 0 Å². The van der Waals surface area contributed by atoms with E-state index in [9.17, 15) is 4.79 Å². The van der Waals surface area contributed by atoms with Crippen LogP contribution in [0.25, 0.3) is 11.1 Å². The number of hydrogen-bond acceptors (Lipinski definition) is 2. The lowest BCUT2D eigenvalue weighted by atomic mass is 10.1. The summed E-state index contributed by atoms with van der Waals surface area (Å²) in [7, 11) is 0. The molecule has 2 rings (SSSR count). The van der Waals surface area contributed by atoms with Crippen LogP contribution >= 0.6 is 34.8 Å². The number of hydrogen-bond donors (Lipinski definition) is 0. The summed E-state index contributed by atoms with van der Waals surface area (Å²) in [5.41, 5.74) is 1.93. The van der Waals surface area contributed by atoms with Crippen LogP contribution in [0.15, 0.2) is 30.5 Å². The van der Waals surface area contributed by atoms with Gasteiger partial charge in [-0.2, -0.15) is 0 Å². The van der Waals surface area contributed by atoms with Gasteiger partial charge in [-0.1, -0.05) is 40.9 Å². The van der Waals surface area contributed by atoms with Gasteiger partial charge in [-0.25, -0.2) is 4.98 Å². The van der Waals surface area contributed by atoms with Gasteiger partial charge in [0.25, 0.3) is 0 Å². The van der Waals surface area contributed by atoms with E-state index in [1.807, 2.05) is 0 Å². The Morgan fingerprint density at radius 3 is 2.41 bits per heavy atom. The molecule has 0 N–H and O–H groups in total. The zero-order chi connectivity index (χ0) is 12.4. The van der Waals surface area contributed by atoms with Crippen LogP contribution in [0.3, 0.4) is 0 Å². The van der Waals surface area contributed by atoms with E-state index >= 15 is 0 Å². The van der Waals surface area contributed by atoms with Crippen LogP contribution in [-0.4, -0.2) is 11.3 Å². The standard InChI is InChI=1S/C12H6Cl3NO/c13-10-2-1-7(4-11(10)14)8-3-9(6-17)12(15)16-5-8/h1-6H. The molecule has 5 heteroatoms. The lowest BCUT2D eigenvalue weighted by Gasteiger charge is -2.04. The molecule has 86 valence electrons. The maximum absolute atomic E-state index is 10.8. The molecule has 0 saturated heterocycles. The molecule has 0 amide bonds. The molecule has 0 bridgehead atoms. The van der Waals surface area contributed by atoms with E-state index in [1.54, 1.807) is 30.5 Å². The van der Waals surface area contributed by atoms with Crippen LogP contribution in [0, 0.1) is 0 Å². The van der Waals surface area contributed by atoms with Crippen LogP contribution in [-0.2, 0) is 0 Å². The predicted molar refractivity (Wildman–Crippen MR) is 70.1 cm³/mol. The van der Waals surface area contributed by atoms with Gasteiger partial charge in [0.05, 0.1) is 15.6 Å². The minimum absolute atomic E-state index is 0.184. The first-order valence-corrected chi connectivity index (χ1v) is 5.81. The molecular formula is C12H6Cl3NO. The van der Waals surface area contributed by atoms with E-state index in [4.69, 9.17) is 34.8 Å². The first-order valence-electron chi connectivity index (χ1n) is 4.68. The van der Waals surface area contributed by atoms with Gasteiger partial charge in [0.15, 0.2) is 6.29 Å². The van der Waals surface area contributed by atoms with Crippen molar-refractivity contribution < 1.29 is 4.79 Å². The number of carbonyl (C=O) groups is 1. The van der Waals surface area contributed by atoms with Crippen molar-refractivity contribution in [2.75, 3.05) is 0 Å². The minimum Gasteiger partial charge on any atom is -0.298 e. The smallest absolute Gasteiger partial charge is 0.153 e. The predicted octanol–water partition coefficient (Wildman–Crippen LogP) is 4.52. The van der Waals surface area contributed by atoms with Crippen LogP contribution < -0.4 is 0 Å². The van der Waals surface area contributed by atoms with Crippen LogP contribution in [0.1, 0.15) is 10.4 Å². The monoisotopic (exact) mass is 285 g/mol. The van der Waals surface area contributed by atoms with Crippen LogP contribution in [0.4, 0.5) is 0 Å². The molecule has 0 aliphatic carbocycles. The fourth-order valence-electron chi connectivity index (χ4n) is 1.38. The Hall–Kier alpha value is -1.09. The topological polar surface area (TPSA) is 30.0 Å². The van der Waals surface area contributed by atoms with Crippen molar-refractivity contribution in [3.8, 4) is 11.1 Å². The molecule has 1 aromatic carbocycles. The highest BCUT2D eigenvalue weighted by Crippen LogP contribution is 2.29. The van der Waals surface area contributed by atoms with E-state index in [2.05, 4.69) is 4.98 Å². The summed E-state index contributed by atoms with van der Waals surface area (Å²) in [6.07, 6.45) is 2.24. The molecular weight excluding hydrogens is 280 g/mol. The van der Waals surface area contributed by atoms with Gasteiger partial charge < -0.3 is 0 Å². The average Bonchev–Trinajstić information content (AvgIpc) is 2.33. The zero-order valence-electron chi connectivity index (χ0n) is 8.45. The molecule has 0 aliphatic heterocycles. The van der Waals surface area contributed by atoms with Gasteiger partial charge in [-0.3, -0.25) is 4.79 Å². The van der Waals surface area contributed by atoms with Gasteiger partial charge >= 0.3 is 0 Å². The zero-order valence-corrected chi connectivity index (χ0v) is 10.7. The van der Waals surface area contributed by atoms with E-state index in [0.29, 0.717) is 21.9 Å². The van der Waals surface area contributed by atoms with Crippen molar-refractivity contribution in [3.63, 3.8) is 0 Å². The Labute approximate surface area is 113 Å². The van der Waals surface area contributed by atoms with E-state index in [1.165, 1.54) is 0 Å². The molecule has 1 heterocycles. The van der Waals surface area contributed by atoms with Gasteiger partial charge in [0.2, 0.25) is 0 Å². The molecule has 2 aromatic rings. The summed E-state index contributed by atoms with van der Waals surface area (Å²) >= 11 is 17.5. The summed E-state index contributed by atoms with van der Waals surface area (Å²) in [4.78, 5) is 14.7. The Bertz CT molecular complexity index is 584. The van der Waals surface area contributed by atoms with E-state index < -0.39 is 0 Å². The highest BCUT2D eigenvalue weighted by molar-refractivity contribution is 6.42. The minimum atomic E-state index is 0.184. The number of rotatable bonds is 2. The van der Waals surface area contributed by atoms with E-state index in [0.717, 1.165) is 11.1 Å². The van der Waals surface area contributed by atoms with Gasteiger partial charge in [0.1, 0.15) is 5.15 Å². The lowest BCUT2D eigenvalue weighted by molar-refractivity contribution is 0.112. The number of pyridine rings is 1. The van der Waals surface area contributed by atoms with Crippen molar-refractivity contribution >= 4 is 41.1 Å². The first-order chi connectivity index (χ1) is 8.11. The third kappa shape index (κ3) is 2.60. The molecule has 0 unspecified atom stereocenters. The van der Waals surface area contributed by atoms with Crippen molar-refractivity contribution in [1.29, 1.82) is 0 Å². The fourth-order valence-corrected chi connectivity index (χ4v) is 1.83. The molecule has 0 atom stereocenters. The second-order valence-corrected chi connectivity index (χ2v) is 4.52. The maximum atomic E-state index is 10.8. The van der Waals surface area contributed by atoms with Gasteiger partial charge in [0, 0.05) is 11.8 Å². The number of carbonyl (C=O) groups excluding carboxylic acids is 1. The molecule has 2 nitrogen and oxygen atoms in total. The highest BCUT2D eigenvalue weighted by atomic mass is 35.5. The Balaban J connectivity index is 2.52. The summed E-state index contributed by atoms with van der Waals surface area (Å²) in [5.74, 6) is 0. The summed E-state index contributed by atoms with van der Waals surface area (Å²) in [6.45, 7) is 0. The van der Waals surface area contributed by atoms with Crippen molar-refractivity contribution in [2.45, 2.75) is 0 Å². The summed E-state index contributed by atoms with van der Waals surface area (Å²) < 4.78 is 0. The fraction of sp³-hybridized carbons (Fsp3) is 0. The van der Waals surface area contributed by atoms with Crippen molar-refractivity contribution in [3.05, 3.63) is 51.2 Å². The molecule has 0 aliphatic rings. The molecule has 0 radical (unpaired) electrons. The van der Waals surface area contributed by atoms with Crippen LogP contribution in [0.5, 0.6) is 0 Å². The second kappa shape index (κ2) is 5.05. The number of nitrogens with zero attached hydrogens (tertiary/aromatic N) is 1. The van der Waals surface area contributed by atoms with E-state index in [-0.39, 0.29) is 5.15 Å². The Kier molecular flexibility index (Phi) is 3.67. The second-order valence-electron chi connectivity index (χ2n) is 3.35. The van der Waals surface area contributed by atoms with Crippen LogP contribution in [0.2, 0.25) is 15.2 Å².